The van der Waals surface area contributed by atoms with E-state index in [9.17, 15) is 0 Å². The molecule has 20 heavy (non-hydrogen) atoms. The van der Waals surface area contributed by atoms with E-state index in [0.29, 0.717) is 6.04 Å². The van der Waals surface area contributed by atoms with E-state index in [0.717, 1.165) is 11.8 Å². The molecular weight excluding hydrogens is 242 g/mol. The molecule has 1 aliphatic rings. The molecule has 112 valence electrons. The first-order valence-electron chi connectivity index (χ1n) is 8.53. The van der Waals surface area contributed by atoms with Crippen molar-refractivity contribution < 1.29 is 0 Å². The van der Waals surface area contributed by atoms with Gasteiger partial charge in [0.2, 0.25) is 0 Å². The maximum Gasteiger partial charge on any atom is 0.00104 e. The van der Waals surface area contributed by atoms with E-state index in [1.54, 1.807) is 0 Å². The Bertz CT molecular complexity index is 351. The maximum absolute atomic E-state index is 3.67. The predicted molar refractivity (Wildman–Crippen MR) is 88.0 cm³/mol. The second-order valence-electron chi connectivity index (χ2n) is 6.75. The van der Waals surface area contributed by atoms with Gasteiger partial charge in [0.25, 0.3) is 0 Å². The smallest absolute Gasteiger partial charge is 0.00104 e. The molecule has 1 fully saturated rings. The molecule has 0 aromatic heterocycles. The summed E-state index contributed by atoms with van der Waals surface area (Å²) in [7, 11) is 0. The fourth-order valence-electron chi connectivity index (χ4n) is 3.53. The lowest BCUT2D eigenvalue weighted by atomic mass is 9.86. The van der Waals surface area contributed by atoms with Crippen molar-refractivity contribution in [3.8, 4) is 0 Å². The monoisotopic (exact) mass is 273 g/mol. The lowest BCUT2D eigenvalue weighted by Gasteiger charge is -2.25. The van der Waals surface area contributed by atoms with Crippen LogP contribution in [0.2, 0.25) is 0 Å². The Hall–Kier alpha value is -0.820. The largest absolute Gasteiger partial charge is 0.314 e. The molecule has 1 atom stereocenters. The van der Waals surface area contributed by atoms with Gasteiger partial charge in [0.1, 0.15) is 0 Å². The van der Waals surface area contributed by atoms with Crippen molar-refractivity contribution in [2.75, 3.05) is 6.54 Å². The van der Waals surface area contributed by atoms with Crippen molar-refractivity contribution in [1.29, 1.82) is 0 Å². The van der Waals surface area contributed by atoms with Crippen LogP contribution >= 0.6 is 0 Å². The molecule has 1 heteroatoms. The summed E-state index contributed by atoms with van der Waals surface area (Å²) < 4.78 is 0. The molecule has 1 aromatic rings. The summed E-state index contributed by atoms with van der Waals surface area (Å²) in [5.74, 6) is 1.88. The summed E-state index contributed by atoms with van der Waals surface area (Å²) in [4.78, 5) is 0. The zero-order chi connectivity index (χ0) is 14.2. The van der Waals surface area contributed by atoms with E-state index in [1.165, 1.54) is 57.1 Å². The highest BCUT2D eigenvalue weighted by Gasteiger charge is 2.24. The average molecular weight is 273 g/mol. The Morgan fingerprint density at radius 3 is 2.45 bits per heavy atom. The van der Waals surface area contributed by atoms with Gasteiger partial charge in [-0.3, -0.25) is 0 Å². The number of nitrogens with one attached hydrogen (secondary N) is 1. The van der Waals surface area contributed by atoms with Crippen LogP contribution < -0.4 is 5.32 Å². The molecule has 0 amide bonds. The SMILES string of the molecule is CC(C)NCC(CCCc1ccccc1)C1CCCC1. The number of hydrogen-bond acceptors (Lipinski definition) is 1. The standard InChI is InChI=1S/C19H31N/c1-16(2)20-15-19(18-12-6-7-13-18)14-8-11-17-9-4-3-5-10-17/h3-5,9-10,16,18-20H,6-8,11-15H2,1-2H3. The number of hydrogen-bond donors (Lipinski definition) is 1. The number of rotatable bonds is 8. The lowest BCUT2D eigenvalue weighted by molar-refractivity contribution is 0.292. The Kier molecular flexibility index (Phi) is 6.59. The van der Waals surface area contributed by atoms with Crippen LogP contribution in [0.25, 0.3) is 0 Å². The summed E-state index contributed by atoms with van der Waals surface area (Å²) in [6, 6.07) is 11.6. The predicted octanol–water partition coefficient (Wildman–Crippen LogP) is 4.81. The molecule has 1 aromatic carbocycles. The van der Waals surface area contributed by atoms with Gasteiger partial charge in [0.05, 0.1) is 0 Å². The normalized spacial score (nSPS) is 17.8. The molecule has 1 aliphatic carbocycles. The Morgan fingerprint density at radius 2 is 1.80 bits per heavy atom. The topological polar surface area (TPSA) is 12.0 Å². The molecule has 0 radical (unpaired) electrons. The fraction of sp³-hybridized carbons (Fsp3) is 0.684. The molecule has 1 saturated carbocycles. The zero-order valence-corrected chi connectivity index (χ0v) is 13.3. The molecular formula is C19H31N. The van der Waals surface area contributed by atoms with Gasteiger partial charge in [0.15, 0.2) is 0 Å². The number of benzene rings is 1. The van der Waals surface area contributed by atoms with Gasteiger partial charge >= 0.3 is 0 Å². The first-order valence-corrected chi connectivity index (χ1v) is 8.53. The summed E-state index contributed by atoms with van der Waals surface area (Å²) >= 11 is 0. The highest BCUT2D eigenvalue weighted by atomic mass is 14.9. The van der Waals surface area contributed by atoms with Crippen molar-refractivity contribution >= 4 is 0 Å². The van der Waals surface area contributed by atoms with Gasteiger partial charge in [-0.15, -0.1) is 0 Å². The third-order valence-corrected chi connectivity index (χ3v) is 4.74. The quantitative estimate of drug-likeness (QED) is 0.716. The van der Waals surface area contributed by atoms with Gasteiger partial charge < -0.3 is 5.32 Å². The average Bonchev–Trinajstić information content (AvgIpc) is 2.97. The third kappa shape index (κ3) is 5.28. The minimum Gasteiger partial charge on any atom is -0.314 e. The molecule has 1 N–H and O–H groups in total. The molecule has 0 bridgehead atoms. The van der Waals surface area contributed by atoms with E-state index in [-0.39, 0.29) is 0 Å². The van der Waals surface area contributed by atoms with Gasteiger partial charge in [-0.25, -0.2) is 0 Å². The number of aryl methyl sites for hydroxylation is 1. The van der Waals surface area contributed by atoms with Crippen molar-refractivity contribution in [2.45, 2.75) is 64.8 Å². The first-order chi connectivity index (χ1) is 9.75. The molecule has 0 saturated heterocycles. The van der Waals surface area contributed by atoms with Crippen molar-refractivity contribution in [3.63, 3.8) is 0 Å². The summed E-state index contributed by atoms with van der Waals surface area (Å²) in [6.45, 7) is 5.74. The molecule has 1 nitrogen and oxygen atoms in total. The van der Waals surface area contributed by atoms with Crippen LogP contribution in [-0.2, 0) is 6.42 Å². The van der Waals surface area contributed by atoms with Gasteiger partial charge in [-0.1, -0.05) is 69.9 Å². The second kappa shape index (κ2) is 8.46. The molecule has 1 unspecified atom stereocenters. The van der Waals surface area contributed by atoms with Crippen LogP contribution in [0.15, 0.2) is 30.3 Å². The zero-order valence-electron chi connectivity index (χ0n) is 13.3. The van der Waals surface area contributed by atoms with E-state index >= 15 is 0 Å². The highest BCUT2D eigenvalue weighted by Crippen LogP contribution is 2.33. The Labute approximate surface area is 125 Å². The van der Waals surface area contributed by atoms with E-state index in [4.69, 9.17) is 0 Å². The minimum atomic E-state index is 0.619. The van der Waals surface area contributed by atoms with Crippen LogP contribution in [-0.4, -0.2) is 12.6 Å². The molecule has 0 heterocycles. The van der Waals surface area contributed by atoms with E-state index in [1.807, 2.05) is 0 Å². The minimum absolute atomic E-state index is 0.619. The van der Waals surface area contributed by atoms with Crippen molar-refractivity contribution in [2.24, 2.45) is 11.8 Å². The van der Waals surface area contributed by atoms with Crippen LogP contribution in [0.1, 0.15) is 57.9 Å². The van der Waals surface area contributed by atoms with Crippen LogP contribution in [0.4, 0.5) is 0 Å². The van der Waals surface area contributed by atoms with Crippen molar-refractivity contribution in [3.05, 3.63) is 35.9 Å². The van der Waals surface area contributed by atoms with Gasteiger partial charge in [-0.2, -0.15) is 0 Å². The van der Waals surface area contributed by atoms with E-state index in [2.05, 4.69) is 49.5 Å². The fourth-order valence-corrected chi connectivity index (χ4v) is 3.53. The van der Waals surface area contributed by atoms with Gasteiger partial charge in [-0.05, 0) is 43.2 Å². The molecule has 0 spiro atoms. The van der Waals surface area contributed by atoms with E-state index < -0.39 is 0 Å². The molecule has 0 aliphatic heterocycles. The Morgan fingerprint density at radius 1 is 1.10 bits per heavy atom. The summed E-state index contributed by atoms with van der Waals surface area (Å²) in [5.41, 5.74) is 1.49. The van der Waals surface area contributed by atoms with Crippen LogP contribution in [0.5, 0.6) is 0 Å². The third-order valence-electron chi connectivity index (χ3n) is 4.74. The molecule has 2 rings (SSSR count). The Balaban J connectivity index is 1.77. The lowest BCUT2D eigenvalue weighted by Crippen LogP contribution is -2.32. The van der Waals surface area contributed by atoms with Gasteiger partial charge in [0, 0.05) is 6.04 Å². The van der Waals surface area contributed by atoms with Crippen molar-refractivity contribution in [1.82, 2.24) is 5.32 Å². The summed E-state index contributed by atoms with van der Waals surface area (Å²) in [6.07, 6.45) is 9.82. The summed E-state index contributed by atoms with van der Waals surface area (Å²) in [5, 5.41) is 3.67. The maximum atomic E-state index is 3.67. The van der Waals surface area contributed by atoms with Crippen LogP contribution in [0.3, 0.4) is 0 Å². The first kappa shape index (κ1) is 15.6. The highest BCUT2D eigenvalue weighted by molar-refractivity contribution is 5.14. The van der Waals surface area contributed by atoms with Crippen LogP contribution in [0, 0.1) is 11.8 Å². The second-order valence-corrected chi connectivity index (χ2v) is 6.75.